The van der Waals surface area contributed by atoms with E-state index in [-0.39, 0.29) is 10.5 Å². The Bertz CT molecular complexity index is 165. The van der Waals surface area contributed by atoms with Gasteiger partial charge in [0.1, 0.15) is 5.78 Å². The zero-order chi connectivity index (χ0) is 7.61. The summed E-state index contributed by atoms with van der Waals surface area (Å²) in [4.78, 5) is 11.2. The second-order valence-electron chi connectivity index (χ2n) is 2.80. The lowest BCUT2D eigenvalue weighted by Crippen LogP contribution is -2.25. The molecule has 1 aliphatic carbocycles. The molecule has 0 saturated heterocycles. The number of hydrogen-bond donors (Lipinski definition) is 1. The van der Waals surface area contributed by atoms with Crippen molar-refractivity contribution in [2.75, 3.05) is 0 Å². The molecule has 0 bridgehead atoms. The van der Waals surface area contributed by atoms with Crippen molar-refractivity contribution in [2.45, 2.75) is 30.4 Å². The number of Topliss-reactive ketones (excluding diaryl/α,β-unsaturated/α-hetero) is 1. The number of ketones is 1. The van der Waals surface area contributed by atoms with E-state index in [9.17, 15) is 4.79 Å². The number of carbonyl (C=O) groups is 1. The SMILES string of the molecule is C=CCC1(S)CCCC1=O. The third kappa shape index (κ3) is 1.26. The van der Waals surface area contributed by atoms with Crippen LogP contribution in [0.25, 0.3) is 0 Å². The number of allylic oxidation sites excluding steroid dienone is 1. The molecule has 0 aromatic rings. The smallest absolute Gasteiger partial charge is 0.148 e. The second-order valence-corrected chi connectivity index (χ2v) is 3.66. The van der Waals surface area contributed by atoms with Gasteiger partial charge in [-0.25, -0.2) is 0 Å². The lowest BCUT2D eigenvalue weighted by atomic mass is 10.0. The average Bonchev–Trinajstić information content (AvgIpc) is 2.15. The molecule has 0 aliphatic heterocycles. The first-order valence-electron chi connectivity index (χ1n) is 3.55. The summed E-state index contributed by atoms with van der Waals surface area (Å²) >= 11 is 4.34. The van der Waals surface area contributed by atoms with Gasteiger partial charge in [0, 0.05) is 6.42 Å². The van der Waals surface area contributed by atoms with E-state index in [1.807, 2.05) is 0 Å². The average molecular weight is 156 g/mol. The molecule has 1 fully saturated rings. The number of rotatable bonds is 2. The predicted octanol–water partition coefficient (Wildman–Crippen LogP) is 1.98. The first kappa shape index (κ1) is 7.86. The number of carbonyl (C=O) groups excluding carboxylic acids is 1. The molecular formula is C8H12OS. The van der Waals surface area contributed by atoms with Crippen LogP contribution in [0.2, 0.25) is 0 Å². The van der Waals surface area contributed by atoms with E-state index >= 15 is 0 Å². The fourth-order valence-electron chi connectivity index (χ4n) is 1.37. The summed E-state index contributed by atoms with van der Waals surface area (Å²) in [5.74, 6) is 0.288. The van der Waals surface area contributed by atoms with Crippen LogP contribution >= 0.6 is 12.6 Å². The van der Waals surface area contributed by atoms with E-state index in [0.29, 0.717) is 6.42 Å². The highest BCUT2D eigenvalue weighted by molar-refractivity contribution is 7.82. The lowest BCUT2D eigenvalue weighted by Gasteiger charge is -2.17. The summed E-state index contributed by atoms with van der Waals surface area (Å²) in [7, 11) is 0. The zero-order valence-corrected chi connectivity index (χ0v) is 6.86. The number of hydrogen-bond acceptors (Lipinski definition) is 2. The molecule has 0 amide bonds. The Balaban J connectivity index is 2.65. The molecule has 1 nitrogen and oxygen atoms in total. The van der Waals surface area contributed by atoms with Crippen LogP contribution in [0.15, 0.2) is 12.7 Å². The molecule has 0 aromatic heterocycles. The van der Waals surface area contributed by atoms with Crippen molar-refractivity contribution in [1.82, 2.24) is 0 Å². The molecular weight excluding hydrogens is 144 g/mol. The van der Waals surface area contributed by atoms with Crippen molar-refractivity contribution >= 4 is 18.4 Å². The Hall–Kier alpha value is -0.240. The summed E-state index contributed by atoms with van der Waals surface area (Å²) in [6.45, 7) is 3.60. The van der Waals surface area contributed by atoms with Crippen LogP contribution in [0.4, 0.5) is 0 Å². The van der Waals surface area contributed by atoms with Gasteiger partial charge >= 0.3 is 0 Å². The minimum absolute atomic E-state index is 0.288. The van der Waals surface area contributed by atoms with Gasteiger partial charge in [0.25, 0.3) is 0 Å². The van der Waals surface area contributed by atoms with Crippen LogP contribution in [-0.2, 0) is 4.79 Å². The summed E-state index contributed by atoms with van der Waals surface area (Å²) in [5, 5.41) is 0. The molecule has 1 rings (SSSR count). The molecule has 1 saturated carbocycles. The fraction of sp³-hybridized carbons (Fsp3) is 0.625. The molecule has 0 spiro atoms. The van der Waals surface area contributed by atoms with Gasteiger partial charge < -0.3 is 0 Å². The van der Waals surface area contributed by atoms with Crippen LogP contribution < -0.4 is 0 Å². The van der Waals surface area contributed by atoms with E-state index in [2.05, 4.69) is 19.2 Å². The van der Waals surface area contributed by atoms with E-state index in [4.69, 9.17) is 0 Å². The molecule has 0 N–H and O–H groups in total. The minimum atomic E-state index is -0.359. The Morgan fingerprint density at radius 3 is 2.90 bits per heavy atom. The highest BCUT2D eigenvalue weighted by atomic mass is 32.1. The van der Waals surface area contributed by atoms with Gasteiger partial charge in [0.2, 0.25) is 0 Å². The summed E-state index contributed by atoms with van der Waals surface area (Å²) < 4.78 is -0.359. The van der Waals surface area contributed by atoms with Crippen molar-refractivity contribution in [3.63, 3.8) is 0 Å². The Labute approximate surface area is 66.9 Å². The van der Waals surface area contributed by atoms with Gasteiger partial charge in [0.15, 0.2) is 0 Å². The highest BCUT2D eigenvalue weighted by Crippen LogP contribution is 2.35. The zero-order valence-electron chi connectivity index (χ0n) is 5.97. The third-order valence-electron chi connectivity index (χ3n) is 2.00. The van der Waals surface area contributed by atoms with Crippen LogP contribution in [-0.4, -0.2) is 10.5 Å². The van der Waals surface area contributed by atoms with E-state index in [0.717, 1.165) is 19.3 Å². The van der Waals surface area contributed by atoms with E-state index in [1.165, 1.54) is 0 Å². The molecule has 0 heterocycles. The Morgan fingerprint density at radius 2 is 2.50 bits per heavy atom. The molecule has 10 heavy (non-hydrogen) atoms. The van der Waals surface area contributed by atoms with Gasteiger partial charge in [-0.2, -0.15) is 12.6 Å². The topological polar surface area (TPSA) is 17.1 Å². The molecule has 2 heteroatoms. The maximum atomic E-state index is 11.2. The Morgan fingerprint density at radius 1 is 1.80 bits per heavy atom. The summed E-state index contributed by atoms with van der Waals surface area (Å²) in [5.41, 5.74) is 0. The van der Waals surface area contributed by atoms with Crippen LogP contribution in [0.1, 0.15) is 25.7 Å². The van der Waals surface area contributed by atoms with Gasteiger partial charge in [-0.05, 0) is 19.3 Å². The quantitative estimate of drug-likeness (QED) is 0.478. The normalized spacial score (nSPS) is 32.7. The maximum absolute atomic E-state index is 11.2. The van der Waals surface area contributed by atoms with Crippen LogP contribution in [0.3, 0.4) is 0 Å². The standard InChI is InChI=1S/C8H12OS/c1-2-5-8(10)6-3-4-7(8)9/h2,10H,1,3-6H2. The predicted molar refractivity (Wildman–Crippen MR) is 45.4 cm³/mol. The monoisotopic (exact) mass is 156 g/mol. The van der Waals surface area contributed by atoms with Crippen molar-refractivity contribution in [3.05, 3.63) is 12.7 Å². The van der Waals surface area contributed by atoms with Crippen LogP contribution in [0.5, 0.6) is 0 Å². The van der Waals surface area contributed by atoms with Crippen molar-refractivity contribution < 1.29 is 4.79 Å². The van der Waals surface area contributed by atoms with Gasteiger partial charge in [-0.15, -0.1) is 6.58 Å². The minimum Gasteiger partial charge on any atom is -0.298 e. The van der Waals surface area contributed by atoms with E-state index in [1.54, 1.807) is 6.08 Å². The van der Waals surface area contributed by atoms with Gasteiger partial charge in [-0.3, -0.25) is 4.79 Å². The molecule has 1 atom stereocenters. The summed E-state index contributed by atoms with van der Waals surface area (Å²) in [6, 6.07) is 0. The highest BCUT2D eigenvalue weighted by Gasteiger charge is 2.36. The van der Waals surface area contributed by atoms with Gasteiger partial charge in [-0.1, -0.05) is 6.08 Å². The fourth-order valence-corrected chi connectivity index (χ4v) is 1.77. The largest absolute Gasteiger partial charge is 0.298 e. The first-order chi connectivity index (χ1) is 4.69. The van der Waals surface area contributed by atoms with Crippen molar-refractivity contribution in [3.8, 4) is 0 Å². The summed E-state index contributed by atoms with van der Waals surface area (Å²) in [6.07, 6.45) is 5.11. The van der Waals surface area contributed by atoms with Crippen molar-refractivity contribution in [2.24, 2.45) is 0 Å². The third-order valence-corrected chi connectivity index (χ3v) is 2.65. The second kappa shape index (κ2) is 2.79. The van der Waals surface area contributed by atoms with Crippen LogP contribution in [0, 0.1) is 0 Å². The number of thiol groups is 1. The molecule has 1 aliphatic rings. The van der Waals surface area contributed by atoms with Gasteiger partial charge in [0.05, 0.1) is 4.75 Å². The molecule has 56 valence electrons. The molecule has 1 unspecified atom stereocenters. The molecule has 0 aromatic carbocycles. The van der Waals surface area contributed by atoms with E-state index < -0.39 is 0 Å². The lowest BCUT2D eigenvalue weighted by molar-refractivity contribution is -0.119. The van der Waals surface area contributed by atoms with Crippen molar-refractivity contribution in [1.29, 1.82) is 0 Å². The molecule has 0 radical (unpaired) electrons. The Kier molecular flexibility index (Phi) is 2.19. The maximum Gasteiger partial charge on any atom is 0.148 e. The first-order valence-corrected chi connectivity index (χ1v) is 4.00.